The molecule has 3 nitrogen and oxygen atoms in total. The quantitative estimate of drug-likeness (QED) is 0.778. The largest absolute Gasteiger partial charge is 0.314 e. The minimum absolute atomic E-state index is 0.737. The van der Waals surface area contributed by atoms with Crippen molar-refractivity contribution in [2.45, 2.75) is 17.7 Å². The lowest BCUT2D eigenvalue weighted by Crippen LogP contribution is -2.42. The standard InChI is InChI=1S/C12H25N3S/c1-14-5-4-10(8-14)9-15(2)11-6-13-7-12(11)16-3/h10-13H,4-9H2,1-3H3. The number of nitrogens with zero attached hydrogens (tertiary/aromatic N) is 2. The van der Waals surface area contributed by atoms with Gasteiger partial charge in [0.05, 0.1) is 0 Å². The van der Waals surface area contributed by atoms with Crippen molar-refractivity contribution in [2.24, 2.45) is 5.92 Å². The van der Waals surface area contributed by atoms with Gasteiger partial charge in [0.1, 0.15) is 0 Å². The number of likely N-dealkylation sites (N-methyl/N-ethyl adjacent to an activating group) is 1. The monoisotopic (exact) mass is 243 g/mol. The van der Waals surface area contributed by atoms with Crippen molar-refractivity contribution in [3.63, 3.8) is 0 Å². The third-order valence-electron chi connectivity index (χ3n) is 4.03. The van der Waals surface area contributed by atoms with E-state index in [0.29, 0.717) is 0 Å². The number of rotatable bonds is 4. The van der Waals surface area contributed by atoms with Crippen LogP contribution in [0.5, 0.6) is 0 Å². The minimum Gasteiger partial charge on any atom is -0.314 e. The van der Waals surface area contributed by atoms with E-state index in [1.807, 2.05) is 11.8 Å². The van der Waals surface area contributed by atoms with Gasteiger partial charge < -0.3 is 15.1 Å². The first-order valence-electron chi connectivity index (χ1n) is 6.33. The molecule has 2 fully saturated rings. The molecule has 2 rings (SSSR count). The van der Waals surface area contributed by atoms with Crippen molar-refractivity contribution in [3.8, 4) is 0 Å². The highest BCUT2D eigenvalue weighted by atomic mass is 32.2. The Morgan fingerprint density at radius 2 is 2.25 bits per heavy atom. The van der Waals surface area contributed by atoms with Crippen LogP contribution in [-0.2, 0) is 0 Å². The van der Waals surface area contributed by atoms with Crippen molar-refractivity contribution >= 4 is 11.8 Å². The van der Waals surface area contributed by atoms with Crippen LogP contribution in [-0.4, -0.2) is 74.2 Å². The van der Waals surface area contributed by atoms with Gasteiger partial charge in [-0.25, -0.2) is 0 Å². The van der Waals surface area contributed by atoms with Gasteiger partial charge >= 0.3 is 0 Å². The van der Waals surface area contributed by atoms with E-state index in [-0.39, 0.29) is 0 Å². The SMILES string of the molecule is CSC1CNCC1N(C)CC1CCN(C)C1. The average Bonchev–Trinajstić information content (AvgIpc) is 2.86. The molecule has 3 unspecified atom stereocenters. The van der Waals surface area contributed by atoms with Gasteiger partial charge in [0.2, 0.25) is 0 Å². The summed E-state index contributed by atoms with van der Waals surface area (Å²) in [5.74, 6) is 0.887. The van der Waals surface area contributed by atoms with Crippen molar-refractivity contribution in [1.82, 2.24) is 15.1 Å². The van der Waals surface area contributed by atoms with E-state index in [9.17, 15) is 0 Å². The van der Waals surface area contributed by atoms with Crippen LogP contribution >= 0.6 is 11.8 Å². The van der Waals surface area contributed by atoms with E-state index in [1.165, 1.54) is 39.1 Å². The lowest BCUT2D eigenvalue weighted by atomic mass is 10.1. The number of likely N-dealkylation sites (tertiary alicyclic amines) is 1. The molecule has 2 aliphatic rings. The van der Waals surface area contributed by atoms with E-state index in [4.69, 9.17) is 0 Å². The first-order valence-corrected chi connectivity index (χ1v) is 7.61. The highest BCUT2D eigenvalue weighted by Crippen LogP contribution is 2.22. The van der Waals surface area contributed by atoms with Crippen LogP contribution in [0.25, 0.3) is 0 Å². The van der Waals surface area contributed by atoms with Gasteiger partial charge in [-0.05, 0) is 39.2 Å². The molecule has 3 atom stereocenters. The van der Waals surface area contributed by atoms with Crippen LogP contribution < -0.4 is 5.32 Å². The summed E-state index contributed by atoms with van der Waals surface area (Å²) in [5, 5.41) is 4.30. The Morgan fingerprint density at radius 1 is 1.44 bits per heavy atom. The maximum atomic E-state index is 3.52. The first kappa shape index (κ1) is 12.7. The number of hydrogen-bond donors (Lipinski definition) is 1. The van der Waals surface area contributed by atoms with Gasteiger partial charge in [0, 0.05) is 37.5 Å². The van der Waals surface area contributed by atoms with Crippen LogP contribution in [0.4, 0.5) is 0 Å². The molecule has 16 heavy (non-hydrogen) atoms. The van der Waals surface area contributed by atoms with Crippen LogP contribution in [0.3, 0.4) is 0 Å². The maximum absolute atomic E-state index is 3.52. The summed E-state index contributed by atoms with van der Waals surface area (Å²) in [4.78, 5) is 5.04. The molecule has 2 aliphatic heterocycles. The lowest BCUT2D eigenvalue weighted by Gasteiger charge is -2.30. The third kappa shape index (κ3) is 2.92. The predicted molar refractivity (Wildman–Crippen MR) is 72.2 cm³/mol. The summed E-state index contributed by atoms with van der Waals surface area (Å²) in [5.41, 5.74) is 0. The van der Waals surface area contributed by atoms with Crippen molar-refractivity contribution in [2.75, 3.05) is 53.1 Å². The van der Waals surface area contributed by atoms with Crippen LogP contribution in [0, 0.1) is 5.92 Å². The summed E-state index contributed by atoms with van der Waals surface area (Å²) >= 11 is 2.01. The Labute approximate surface area is 104 Å². The van der Waals surface area contributed by atoms with Gasteiger partial charge in [-0.3, -0.25) is 0 Å². The smallest absolute Gasteiger partial charge is 0.0348 e. The molecule has 0 saturated carbocycles. The van der Waals surface area contributed by atoms with Crippen LogP contribution in [0.2, 0.25) is 0 Å². The molecule has 0 amide bonds. The highest BCUT2D eigenvalue weighted by Gasteiger charge is 2.31. The Kier molecular flexibility index (Phi) is 4.53. The first-order chi connectivity index (χ1) is 7.70. The van der Waals surface area contributed by atoms with Gasteiger partial charge in [0.25, 0.3) is 0 Å². The lowest BCUT2D eigenvalue weighted by molar-refractivity contribution is 0.221. The zero-order valence-corrected chi connectivity index (χ0v) is 11.6. The molecular weight excluding hydrogens is 218 g/mol. The predicted octanol–water partition coefficient (Wildman–Crippen LogP) is 0.573. The molecule has 0 radical (unpaired) electrons. The normalized spacial score (nSPS) is 36.4. The molecule has 0 bridgehead atoms. The molecule has 0 aromatic heterocycles. The molecule has 0 aliphatic carbocycles. The maximum Gasteiger partial charge on any atom is 0.0348 e. The van der Waals surface area contributed by atoms with Gasteiger partial charge in [0.15, 0.2) is 0 Å². The Bertz CT molecular complexity index is 224. The molecule has 0 aromatic rings. The fourth-order valence-electron chi connectivity index (χ4n) is 3.04. The second-order valence-electron chi connectivity index (χ2n) is 5.36. The van der Waals surface area contributed by atoms with Crippen molar-refractivity contribution in [3.05, 3.63) is 0 Å². The molecule has 1 N–H and O–H groups in total. The van der Waals surface area contributed by atoms with Gasteiger partial charge in [-0.15, -0.1) is 0 Å². The summed E-state index contributed by atoms with van der Waals surface area (Å²) in [7, 11) is 4.54. The van der Waals surface area contributed by atoms with Crippen LogP contribution in [0.15, 0.2) is 0 Å². The fourth-order valence-corrected chi connectivity index (χ4v) is 3.94. The third-order valence-corrected chi connectivity index (χ3v) is 5.12. The zero-order valence-electron chi connectivity index (χ0n) is 10.8. The molecule has 4 heteroatoms. The Balaban J connectivity index is 1.80. The van der Waals surface area contributed by atoms with E-state index in [1.54, 1.807) is 0 Å². The van der Waals surface area contributed by atoms with E-state index in [2.05, 4.69) is 35.5 Å². The molecule has 2 heterocycles. The van der Waals surface area contributed by atoms with E-state index in [0.717, 1.165) is 17.2 Å². The topological polar surface area (TPSA) is 18.5 Å². The van der Waals surface area contributed by atoms with Gasteiger partial charge in [-0.2, -0.15) is 11.8 Å². The summed E-state index contributed by atoms with van der Waals surface area (Å²) < 4.78 is 0. The number of hydrogen-bond acceptors (Lipinski definition) is 4. The Hall–Kier alpha value is 0.230. The van der Waals surface area contributed by atoms with Crippen molar-refractivity contribution < 1.29 is 0 Å². The number of nitrogens with one attached hydrogen (secondary N) is 1. The summed E-state index contributed by atoms with van der Waals surface area (Å²) in [6.45, 7) is 6.20. The Morgan fingerprint density at radius 3 is 2.88 bits per heavy atom. The molecule has 94 valence electrons. The molecule has 0 aromatic carbocycles. The highest BCUT2D eigenvalue weighted by molar-refractivity contribution is 7.99. The fraction of sp³-hybridized carbons (Fsp3) is 1.00. The zero-order chi connectivity index (χ0) is 11.5. The average molecular weight is 243 g/mol. The van der Waals surface area contributed by atoms with Gasteiger partial charge in [-0.1, -0.05) is 0 Å². The summed E-state index contributed by atoms with van der Waals surface area (Å²) in [6, 6.07) is 0.737. The van der Waals surface area contributed by atoms with E-state index >= 15 is 0 Å². The second kappa shape index (κ2) is 5.71. The second-order valence-corrected chi connectivity index (χ2v) is 6.43. The van der Waals surface area contributed by atoms with E-state index < -0.39 is 0 Å². The minimum atomic E-state index is 0.737. The molecule has 0 spiro atoms. The summed E-state index contributed by atoms with van der Waals surface area (Å²) in [6.07, 6.45) is 3.62. The van der Waals surface area contributed by atoms with Crippen molar-refractivity contribution in [1.29, 1.82) is 0 Å². The molecular formula is C12H25N3S. The molecule has 2 saturated heterocycles. The van der Waals surface area contributed by atoms with Crippen LogP contribution in [0.1, 0.15) is 6.42 Å². The number of thioether (sulfide) groups is 1.